The minimum Gasteiger partial charge on any atom is -0.256 e. The largest absolute Gasteiger partial charge is 0.256 e. The molecule has 0 fully saturated rings. The first-order valence-electron chi connectivity index (χ1n) is 7.63. The summed E-state index contributed by atoms with van der Waals surface area (Å²) in [5.41, 5.74) is 3.17. The van der Waals surface area contributed by atoms with E-state index in [4.69, 9.17) is 0 Å². The molecule has 0 radical (unpaired) electrons. The Kier molecular flexibility index (Phi) is 5.51. The molecule has 0 aliphatic carbocycles. The van der Waals surface area contributed by atoms with Gasteiger partial charge in [-0.05, 0) is 72.3 Å². The second-order valence-corrected chi connectivity index (χ2v) is 6.27. The van der Waals surface area contributed by atoms with Gasteiger partial charge in [0.05, 0.1) is 5.71 Å². The number of halogens is 3. The van der Waals surface area contributed by atoms with E-state index >= 15 is 0 Å². The molecule has 0 aliphatic heterocycles. The van der Waals surface area contributed by atoms with Gasteiger partial charge >= 0.3 is 0 Å². The van der Waals surface area contributed by atoms with Crippen LogP contribution in [0.4, 0.5) is 8.78 Å². The van der Waals surface area contributed by atoms with E-state index in [1.807, 2.05) is 30.3 Å². The molecule has 0 bridgehead atoms. The van der Waals surface area contributed by atoms with E-state index in [0.29, 0.717) is 5.71 Å². The van der Waals surface area contributed by atoms with E-state index in [0.717, 1.165) is 21.2 Å². The maximum absolute atomic E-state index is 13.2. The highest BCUT2D eigenvalue weighted by atomic mass is 79.9. The number of aliphatic imine (C=N–C) groups is 1. The van der Waals surface area contributed by atoms with Crippen LogP contribution in [-0.2, 0) is 0 Å². The van der Waals surface area contributed by atoms with Crippen molar-refractivity contribution in [2.45, 2.75) is 0 Å². The number of hydrogen-bond acceptors (Lipinski definition) is 1. The van der Waals surface area contributed by atoms with Crippen LogP contribution in [0.5, 0.6) is 0 Å². The third kappa shape index (κ3) is 4.70. The molecular weight excluding hydrogens is 384 g/mol. The summed E-state index contributed by atoms with van der Waals surface area (Å²) in [6.45, 7) is 0. The normalized spacial score (nSPS) is 10.8. The quantitative estimate of drug-likeness (QED) is 0.462. The fraction of sp³-hybridized carbons (Fsp3) is 0. The van der Waals surface area contributed by atoms with Crippen molar-refractivity contribution in [3.05, 3.63) is 112 Å². The minimum absolute atomic E-state index is 0.312. The Morgan fingerprint density at radius 3 is 1.68 bits per heavy atom. The van der Waals surface area contributed by atoms with Crippen LogP contribution in [0.25, 0.3) is 6.08 Å². The molecule has 0 saturated heterocycles. The van der Waals surface area contributed by atoms with Crippen molar-refractivity contribution >= 4 is 27.7 Å². The average Bonchev–Trinajstić information content (AvgIpc) is 2.62. The monoisotopic (exact) mass is 397 g/mol. The highest BCUT2D eigenvalue weighted by Gasteiger charge is 2.07. The summed E-state index contributed by atoms with van der Waals surface area (Å²) in [5, 5.41) is 0. The summed E-state index contributed by atoms with van der Waals surface area (Å²) in [7, 11) is 0. The molecule has 0 aromatic heterocycles. The van der Waals surface area contributed by atoms with E-state index in [1.54, 1.807) is 30.5 Å². The molecule has 0 amide bonds. The van der Waals surface area contributed by atoms with Crippen molar-refractivity contribution in [3.63, 3.8) is 0 Å². The number of nitrogens with zero attached hydrogens (tertiary/aromatic N) is 1. The molecule has 124 valence electrons. The first-order valence-corrected chi connectivity index (χ1v) is 8.43. The van der Waals surface area contributed by atoms with Gasteiger partial charge in [-0.25, -0.2) is 8.78 Å². The van der Waals surface area contributed by atoms with Crippen LogP contribution >= 0.6 is 15.9 Å². The van der Waals surface area contributed by atoms with Crippen molar-refractivity contribution in [2.75, 3.05) is 0 Å². The second-order valence-electron chi connectivity index (χ2n) is 5.36. The first kappa shape index (κ1) is 17.2. The van der Waals surface area contributed by atoms with Crippen molar-refractivity contribution in [1.29, 1.82) is 0 Å². The van der Waals surface area contributed by atoms with Gasteiger partial charge in [0.2, 0.25) is 0 Å². The van der Waals surface area contributed by atoms with Gasteiger partial charge in [-0.3, -0.25) is 4.99 Å². The Hall–Kier alpha value is -2.59. The first-order chi connectivity index (χ1) is 12.1. The van der Waals surface area contributed by atoms with Crippen molar-refractivity contribution < 1.29 is 8.78 Å². The molecule has 3 aromatic carbocycles. The maximum atomic E-state index is 13.2. The lowest BCUT2D eigenvalue weighted by Crippen LogP contribution is -2.03. The van der Waals surface area contributed by atoms with E-state index < -0.39 is 0 Å². The molecule has 0 aliphatic rings. The lowest BCUT2D eigenvalue weighted by Gasteiger charge is -2.06. The molecule has 0 unspecified atom stereocenters. The molecule has 3 aromatic rings. The fourth-order valence-corrected chi connectivity index (χ4v) is 2.57. The SMILES string of the molecule is Fc1ccc(C(=N/C=C\c2ccc(Br)cc2)c2ccc(F)cc2)cc1. The molecule has 0 N–H and O–H groups in total. The van der Waals surface area contributed by atoms with Gasteiger partial charge in [0.25, 0.3) is 0 Å². The standard InChI is InChI=1S/C21H14BrF2N/c22-18-7-1-15(2-8-18)13-14-25-21(16-3-9-19(23)10-4-16)17-5-11-20(24)12-6-17/h1-14H/b14-13-. The van der Waals surface area contributed by atoms with Crippen LogP contribution in [0, 0.1) is 11.6 Å². The van der Waals surface area contributed by atoms with E-state index in [1.165, 1.54) is 24.3 Å². The lowest BCUT2D eigenvalue weighted by molar-refractivity contribution is 0.627. The molecule has 25 heavy (non-hydrogen) atoms. The van der Waals surface area contributed by atoms with Gasteiger partial charge in [0.15, 0.2) is 0 Å². The van der Waals surface area contributed by atoms with Crippen LogP contribution in [0.3, 0.4) is 0 Å². The minimum atomic E-state index is -0.312. The van der Waals surface area contributed by atoms with Crippen molar-refractivity contribution in [1.82, 2.24) is 0 Å². The van der Waals surface area contributed by atoms with Crippen LogP contribution in [0.2, 0.25) is 0 Å². The van der Waals surface area contributed by atoms with Gasteiger partial charge < -0.3 is 0 Å². The molecule has 0 spiro atoms. The number of hydrogen-bond donors (Lipinski definition) is 0. The number of benzene rings is 3. The number of rotatable bonds is 4. The molecule has 0 saturated carbocycles. The molecule has 0 heterocycles. The van der Waals surface area contributed by atoms with E-state index in [2.05, 4.69) is 20.9 Å². The summed E-state index contributed by atoms with van der Waals surface area (Å²) in [6, 6.07) is 20.0. The third-order valence-corrected chi connectivity index (χ3v) is 4.10. The molecular formula is C21H14BrF2N. The Labute approximate surface area is 153 Å². The van der Waals surface area contributed by atoms with Crippen molar-refractivity contribution in [2.24, 2.45) is 4.99 Å². The third-order valence-electron chi connectivity index (χ3n) is 3.58. The van der Waals surface area contributed by atoms with Crippen molar-refractivity contribution in [3.8, 4) is 0 Å². The molecule has 1 nitrogen and oxygen atoms in total. The predicted molar refractivity (Wildman–Crippen MR) is 102 cm³/mol. The smallest absolute Gasteiger partial charge is 0.123 e. The zero-order chi connectivity index (χ0) is 17.6. The maximum Gasteiger partial charge on any atom is 0.123 e. The lowest BCUT2D eigenvalue weighted by atomic mass is 10.0. The summed E-state index contributed by atoms with van der Waals surface area (Å²) in [4.78, 5) is 4.52. The van der Waals surface area contributed by atoms with E-state index in [9.17, 15) is 8.78 Å². The average molecular weight is 398 g/mol. The topological polar surface area (TPSA) is 12.4 Å². The highest BCUT2D eigenvalue weighted by molar-refractivity contribution is 9.10. The highest BCUT2D eigenvalue weighted by Crippen LogP contribution is 2.15. The summed E-state index contributed by atoms with van der Waals surface area (Å²) in [6.07, 6.45) is 3.56. The fourth-order valence-electron chi connectivity index (χ4n) is 2.30. The molecule has 4 heteroatoms. The zero-order valence-corrected chi connectivity index (χ0v) is 14.8. The van der Waals surface area contributed by atoms with Gasteiger partial charge in [-0.15, -0.1) is 0 Å². The summed E-state index contributed by atoms with van der Waals surface area (Å²) < 4.78 is 27.4. The summed E-state index contributed by atoms with van der Waals surface area (Å²) in [5.74, 6) is -0.625. The van der Waals surface area contributed by atoms with Crippen LogP contribution in [0.15, 0.2) is 88.5 Å². The van der Waals surface area contributed by atoms with Crippen LogP contribution in [-0.4, -0.2) is 5.71 Å². The Balaban J connectivity index is 1.96. The Bertz CT molecular complexity index is 849. The van der Waals surface area contributed by atoms with Gasteiger partial charge in [-0.1, -0.05) is 28.1 Å². The predicted octanol–water partition coefficient (Wildman–Crippen LogP) is 6.24. The second kappa shape index (κ2) is 7.99. The van der Waals surface area contributed by atoms with Crippen LogP contribution < -0.4 is 0 Å². The van der Waals surface area contributed by atoms with E-state index in [-0.39, 0.29) is 11.6 Å². The van der Waals surface area contributed by atoms with Gasteiger partial charge in [0, 0.05) is 21.8 Å². The van der Waals surface area contributed by atoms with Crippen LogP contribution in [0.1, 0.15) is 16.7 Å². The molecule has 3 rings (SSSR count). The van der Waals surface area contributed by atoms with Gasteiger partial charge in [0.1, 0.15) is 11.6 Å². The Morgan fingerprint density at radius 2 is 1.20 bits per heavy atom. The Morgan fingerprint density at radius 1 is 0.720 bits per heavy atom. The zero-order valence-electron chi connectivity index (χ0n) is 13.2. The molecule has 0 atom stereocenters. The van der Waals surface area contributed by atoms with Gasteiger partial charge in [-0.2, -0.15) is 0 Å². The summed E-state index contributed by atoms with van der Waals surface area (Å²) >= 11 is 3.40.